The SMILES string of the molecule is CC(O)CC(C)O.CC(O)CC(C)O.CC1(C)CC(c2ccc3c(-c4[c-]cccc4)nccc3c2)CC(C)(C)C1.CC1=CN(c2[c-]cccc2)[CH-]N1C.CC1=CN(c2[c-]cccc2)[CH-]N1C.[Ir+3].[Ir+3].[c-]1ccccc1-c1nccc2cc(C3CCC4(CCCCC4)CC3)ccc12. The van der Waals surface area contributed by atoms with Crippen LogP contribution < -0.4 is 9.80 Å². The van der Waals surface area contributed by atoms with E-state index in [1.54, 1.807) is 27.7 Å². The first-order valence-corrected chi connectivity index (χ1v) is 33.9. The van der Waals surface area contributed by atoms with E-state index in [1.165, 1.54) is 121 Å². The Balaban J connectivity index is 0.000000193. The Kier molecular flexibility index (Phi) is 30.4. The van der Waals surface area contributed by atoms with E-state index in [0.29, 0.717) is 35.0 Å². The van der Waals surface area contributed by atoms with Gasteiger partial charge in [0, 0.05) is 12.4 Å². The van der Waals surface area contributed by atoms with Gasteiger partial charge in [0.1, 0.15) is 0 Å². The van der Waals surface area contributed by atoms with Crippen molar-refractivity contribution in [2.45, 2.75) is 195 Å². The largest absolute Gasteiger partial charge is 3.00 e. The van der Waals surface area contributed by atoms with Gasteiger partial charge < -0.3 is 50.0 Å². The quantitative estimate of drug-likeness (QED) is 0.0986. The molecule has 4 atom stereocenters. The van der Waals surface area contributed by atoms with Crippen molar-refractivity contribution in [3.05, 3.63) is 231 Å². The summed E-state index contributed by atoms with van der Waals surface area (Å²) in [5.74, 6) is 1.37. The maximum atomic E-state index is 8.56. The Bertz CT molecular complexity index is 3490. The van der Waals surface area contributed by atoms with Crippen molar-refractivity contribution in [2.24, 2.45) is 16.2 Å². The number of para-hydroxylation sites is 2. The molecule has 508 valence electrons. The molecule has 10 nitrogen and oxygen atoms in total. The predicted molar refractivity (Wildman–Crippen MR) is 386 cm³/mol. The standard InChI is InChI=1S/C26H28N.C25H28N.2C11H12N2.2C5H12O2.2Ir/c1-3-7-21(8-4-1)25-24-10-9-22(19-23(24)13-18-27-25)20-11-16-26(17-12-20)14-5-2-6-15-26;1-24(2)15-21(16-25(3,4)17-24)19-10-11-22-20(14-19)12-13-26-23(22)18-8-6-5-7-9-18;2*1-10-8-13(9-12(10)2)11-6-4-3-5-7-11;2*1-4(6)3-5(2)7;;/h1,3-4,7,9-10,13,18-20H,2,5-6,11-12,14-17H2;5-8,10-14,21H,15-17H2,1-4H3;2*3-6,8-9H,1-2H3;2*4-7H,3H2,1-2H3;;/q2*-1;2*-2;;;2*+3. The summed E-state index contributed by atoms with van der Waals surface area (Å²) in [6, 6.07) is 63.5. The predicted octanol–water partition coefficient (Wildman–Crippen LogP) is 19.0. The second-order valence-corrected chi connectivity index (χ2v) is 28.4. The van der Waals surface area contributed by atoms with E-state index in [9.17, 15) is 0 Å². The van der Waals surface area contributed by atoms with E-state index in [0.717, 1.165) is 39.8 Å². The minimum absolute atomic E-state index is 0. The van der Waals surface area contributed by atoms with Gasteiger partial charge in [-0.15, -0.1) is 83.2 Å². The topological polar surface area (TPSA) is 120 Å². The van der Waals surface area contributed by atoms with E-state index < -0.39 is 0 Å². The normalized spacial score (nSPS) is 18.3. The number of rotatable bonds is 10. The molecule has 13 rings (SSSR count). The molecule has 4 heterocycles. The van der Waals surface area contributed by atoms with Crippen LogP contribution in [0.1, 0.15) is 182 Å². The smallest absolute Gasteiger partial charge is 0.508 e. The maximum Gasteiger partial charge on any atom is 3.00 e. The van der Waals surface area contributed by atoms with Crippen LogP contribution in [-0.4, -0.2) is 78.7 Å². The van der Waals surface area contributed by atoms with Gasteiger partial charge in [-0.3, -0.25) is 0 Å². The second kappa shape index (κ2) is 37.1. The molecule has 8 aromatic rings. The Morgan fingerprint density at radius 2 is 0.884 bits per heavy atom. The Labute approximate surface area is 597 Å². The van der Waals surface area contributed by atoms with Crippen LogP contribution in [0.15, 0.2) is 182 Å². The summed E-state index contributed by atoms with van der Waals surface area (Å²) < 4.78 is 0. The van der Waals surface area contributed by atoms with Crippen molar-refractivity contribution in [2.75, 3.05) is 23.9 Å². The number of anilines is 2. The zero-order valence-corrected chi connectivity index (χ0v) is 63.1. The molecule has 0 bridgehead atoms. The summed E-state index contributed by atoms with van der Waals surface area (Å²) >= 11 is 0. The second-order valence-electron chi connectivity index (χ2n) is 28.4. The van der Waals surface area contributed by atoms with Crippen LogP contribution in [0.4, 0.5) is 11.4 Å². The van der Waals surface area contributed by atoms with Crippen LogP contribution >= 0.6 is 0 Å². The number of fused-ring (bicyclic) bond motifs is 2. The molecule has 3 aliphatic carbocycles. The molecule has 1 spiro atoms. The van der Waals surface area contributed by atoms with Crippen molar-refractivity contribution >= 4 is 32.9 Å². The third-order valence-corrected chi connectivity index (χ3v) is 18.6. The summed E-state index contributed by atoms with van der Waals surface area (Å²) in [5.41, 5.74) is 13.4. The minimum atomic E-state index is -0.375. The Hall–Kier alpha value is -6.04. The number of hydrogen-bond acceptors (Lipinski definition) is 10. The van der Waals surface area contributed by atoms with Crippen molar-refractivity contribution in [3.63, 3.8) is 0 Å². The number of allylic oxidation sites excluding steroid dienone is 2. The molecule has 6 aromatic carbocycles. The van der Waals surface area contributed by atoms with Crippen LogP contribution in [0.5, 0.6) is 0 Å². The molecular weight excluding hydrogens is 1530 g/mol. The third kappa shape index (κ3) is 23.6. The van der Waals surface area contributed by atoms with Gasteiger partial charge in [-0.05, 0) is 234 Å². The van der Waals surface area contributed by atoms with Gasteiger partial charge in [-0.25, -0.2) is 0 Å². The first-order chi connectivity index (χ1) is 44.5. The first-order valence-electron chi connectivity index (χ1n) is 33.9. The van der Waals surface area contributed by atoms with E-state index >= 15 is 0 Å². The van der Waals surface area contributed by atoms with Crippen molar-refractivity contribution in [1.82, 2.24) is 19.8 Å². The summed E-state index contributed by atoms with van der Waals surface area (Å²) in [6.07, 6.45) is 24.3. The zero-order chi connectivity index (χ0) is 66.7. The number of aromatic nitrogens is 2. The molecule has 2 aromatic heterocycles. The van der Waals surface area contributed by atoms with E-state index in [4.69, 9.17) is 20.4 Å². The van der Waals surface area contributed by atoms with Gasteiger partial charge >= 0.3 is 40.2 Å². The summed E-state index contributed by atoms with van der Waals surface area (Å²) in [4.78, 5) is 17.6. The molecular formula is C83H104Ir2N6O4. The first kappa shape index (κ1) is 78.0. The van der Waals surface area contributed by atoms with Gasteiger partial charge in [-0.2, -0.15) is 74.0 Å². The minimum Gasteiger partial charge on any atom is -0.508 e. The molecule has 5 aliphatic rings. The molecule has 12 heteroatoms. The number of benzene rings is 6. The average molecular weight is 1630 g/mol. The fraction of sp³-hybridized carbons (Fsp3) is 0.422. The third-order valence-electron chi connectivity index (χ3n) is 18.6. The monoisotopic (exact) mass is 1630 g/mol. The molecule has 4 unspecified atom stereocenters. The number of nitrogens with zero attached hydrogens (tertiary/aromatic N) is 6. The number of pyridine rings is 2. The molecule has 2 aliphatic heterocycles. The van der Waals surface area contributed by atoms with Gasteiger partial charge in [0.2, 0.25) is 0 Å². The van der Waals surface area contributed by atoms with Crippen LogP contribution in [0.3, 0.4) is 0 Å². The van der Waals surface area contributed by atoms with E-state index in [-0.39, 0.29) is 64.6 Å². The maximum absolute atomic E-state index is 8.56. The van der Waals surface area contributed by atoms with Gasteiger partial charge in [0.25, 0.3) is 0 Å². The molecule has 0 saturated heterocycles. The van der Waals surface area contributed by atoms with Gasteiger partial charge in [0.15, 0.2) is 0 Å². The molecule has 95 heavy (non-hydrogen) atoms. The Morgan fingerprint density at radius 1 is 0.495 bits per heavy atom. The van der Waals surface area contributed by atoms with E-state index in [1.807, 2.05) is 119 Å². The zero-order valence-electron chi connectivity index (χ0n) is 58.3. The fourth-order valence-electron chi connectivity index (χ4n) is 14.4. The number of hydrogen-bond donors (Lipinski definition) is 4. The molecule has 0 amide bonds. The Morgan fingerprint density at radius 3 is 1.22 bits per heavy atom. The number of aliphatic hydroxyl groups is 4. The van der Waals surface area contributed by atoms with Crippen LogP contribution in [0.2, 0.25) is 0 Å². The van der Waals surface area contributed by atoms with Crippen LogP contribution in [-0.2, 0) is 40.2 Å². The fourth-order valence-corrected chi connectivity index (χ4v) is 14.4. The molecule has 4 N–H and O–H groups in total. The van der Waals surface area contributed by atoms with Crippen molar-refractivity contribution < 1.29 is 60.6 Å². The average Bonchev–Trinajstić information content (AvgIpc) is 1.53. The van der Waals surface area contributed by atoms with Gasteiger partial charge in [0.05, 0.1) is 24.4 Å². The summed E-state index contributed by atoms with van der Waals surface area (Å²) in [6.45, 7) is 24.6. The van der Waals surface area contributed by atoms with Crippen molar-refractivity contribution in [1.29, 1.82) is 0 Å². The molecule has 3 saturated carbocycles. The van der Waals surface area contributed by atoms with Gasteiger partial charge in [-0.1, -0.05) is 83.4 Å². The van der Waals surface area contributed by atoms with Crippen molar-refractivity contribution in [3.8, 4) is 22.5 Å². The summed E-state index contributed by atoms with van der Waals surface area (Å²) in [7, 11) is 4.07. The van der Waals surface area contributed by atoms with Crippen LogP contribution in [0.25, 0.3) is 44.1 Å². The number of aliphatic hydroxyl groups excluding tert-OH is 4. The van der Waals surface area contributed by atoms with E-state index in [2.05, 4.69) is 175 Å². The van der Waals surface area contributed by atoms with Crippen LogP contribution in [0, 0.1) is 53.8 Å². The molecule has 3 fully saturated rings. The molecule has 0 radical (unpaired) electrons. The summed E-state index contributed by atoms with van der Waals surface area (Å²) in [5, 5.41) is 39.3.